The highest BCUT2D eigenvalue weighted by Crippen LogP contribution is 2.65. The minimum Gasteiger partial charge on any atom is -0.463 e. The first-order valence-corrected chi connectivity index (χ1v) is 10.6. The molecule has 0 heterocycles. The van der Waals surface area contributed by atoms with Gasteiger partial charge in [0.2, 0.25) is 0 Å². The molecule has 0 aromatic carbocycles. The van der Waals surface area contributed by atoms with E-state index in [0.29, 0.717) is 29.1 Å². The number of ether oxygens (including phenoxy) is 1. The largest absolute Gasteiger partial charge is 0.463 e. The molecule has 1 N–H and O–H groups in total. The van der Waals surface area contributed by atoms with E-state index in [2.05, 4.69) is 19.6 Å². The minimum absolute atomic E-state index is 0.0113. The first kappa shape index (κ1) is 18.5. The molecule has 4 heteroatoms. The summed E-state index contributed by atoms with van der Waals surface area (Å²) in [6.45, 7) is 8.07. The van der Waals surface area contributed by atoms with E-state index in [0.717, 1.165) is 38.0 Å². The zero-order valence-electron chi connectivity index (χ0n) is 16.3. The molecule has 4 nitrogen and oxygen atoms in total. The van der Waals surface area contributed by atoms with E-state index in [9.17, 15) is 10.1 Å². The maximum absolute atomic E-state index is 11.4. The van der Waals surface area contributed by atoms with Crippen molar-refractivity contribution in [2.24, 2.45) is 35.0 Å². The molecule has 0 radical (unpaired) electrons. The molecule has 4 rings (SSSR count). The highest BCUT2D eigenvalue weighted by molar-refractivity contribution is 5.66. The van der Waals surface area contributed by atoms with Crippen LogP contribution in [0.3, 0.4) is 0 Å². The lowest BCUT2D eigenvalue weighted by molar-refractivity contribution is -0.379. The molecule has 8 unspecified atom stereocenters. The first-order chi connectivity index (χ1) is 12.4. The summed E-state index contributed by atoms with van der Waals surface area (Å²) in [5.74, 6) is 2.54. The number of allylic oxidation sites excluding steroid dienone is 1. The van der Waals surface area contributed by atoms with Crippen molar-refractivity contribution in [3.05, 3.63) is 12.7 Å². The number of esters is 1. The summed E-state index contributed by atoms with van der Waals surface area (Å²) in [6.07, 6.45) is 11.8. The Hall–Kier alpha value is -0.870. The third-order valence-electron chi connectivity index (χ3n) is 8.87. The van der Waals surface area contributed by atoms with Gasteiger partial charge in [-0.15, -0.1) is 6.58 Å². The second-order valence-electron chi connectivity index (χ2n) is 9.67. The molecule has 0 aromatic rings. The van der Waals surface area contributed by atoms with Crippen LogP contribution in [0.5, 0.6) is 0 Å². The number of hydrogen-bond donors (Lipinski definition) is 1. The Balaban J connectivity index is 1.57. The van der Waals surface area contributed by atoms with Crippen molar-refractivity contribution in [3.63, 3.8) is 0 Å². The van der Waals surface area contributed by atoms with E-state index >= 15 is 0 Å². The van der Waals surface area contributed by atoms with Crippen molar-refractivity contribution in [1.29, 1.82) is 0 Å². The van der Waals surface area contributed by atoms with Gasteiger partial charge in [-0.2, -0.15) is 0 Å². The molecule has 26 heavy (non-hydrogen) atoms. The van der Waals surface area contributed by atoms with Crippen LogP contribution in [0.1, 0.15) is 71.6 Å². The zero-order valence-corrected chi connectivity index (χ0v) is 16.3. The average molecular weight is 363 g/mol. The second kappa shape index (κ2) is 6.63. The number of fused-ring (bicyclic) bond motifs is 5. The van der Waals surface area contributed by atoms with Crippen LogP contribution >= 0.6 is 0 Å². The molecule has 4 aliphatic rings. The van der Waals surface area contributed by atoms with Gasteiger partial charge < -0.3 is 4.74 Å². The summed E-state index contributed by atoms with van der Waals surface area (Å²) in [6, 6.07) is 0. The average Bonchev–Trinajstić information content (AvgIpc) is 2.97. The Bertz CT molecular complexity index is 574. The van der Waals surface area contributed by atoms with E-state index in [4.69, 9.17) is 9.62 Å². The van der Waals surface area contributed by atoms with Gasteiger partial charge in [-0.05, 0) is 92.8 Å². The lowest BCUT2D eigenvalue weighted by Gasteiger charge is -2.60. The van der Waals surface area contributed by atoms with Gasteiger partial charge in [0.25, 0.3) is 0 Å². The van der Waals surface area contributed by atoms with Gasteiger partial charge in [0.15, 0.2) is 0 Å². The highest BCUT2D eigenvalue weighted by atomic mass is 17.1. The van der Waals surface area contributed by atoms with Crippen LogP contribution in [0.25, 0.3) is 0 Å². The van der Waals surface area contributed by atoms with E-state index in [1.807, 2.05) is 0 Å². The summed E-state index contributed by atoms with van der Waals surface area (Å²) >= 11 is 0. The molecule has 0 aromatic heterocycles. The Morgan fingerprint density at radius 1 is 1.12 bits per heavy atom. The molecule has 4 aliphatic carbocycles. The van der Waals surface area contributed by atoms with Crippen molar-refractivity contribution in [2.45, 2.75) is 83.3 Å². The van der Waals surface area contributed by atoms with Crippen LogP contribution in [0.4, 0.5) is 0 Å². The summed E-state index contributed by atoms with van der Waals surface area (Å²) in [7, 11) is 0. The normalized spacial score (nSPS) is 50.3. The number of rotatable bonds is 3. The molecule has 0 aliphatic heterocycles. The molecule has 0 saturated heterocycles. The van der Waals surface area contributed by atoms with E-state index in [1.54, 1.807) is 0 Å². The van der Waals surface area contributed by atoms with Crippen molar-refractivity contribution in [1.82, 2.24) is 0 Å². The van der Waals surface area contributed by atoms with Crippen LogP contribution in [0.15, 0.2) is 12.7 Å². The topological polar surface area (TPSA) is 55.8 Å². The monoisotopic (exact) mass is 362 g/mol. The summed E-state index contributed by atoms with van der Waals surface area (Å²) in [5, 5.41) is 10.1. The molecule has 8 atom stereocenters. The summed E-state index contributed by atoms with van der Waals surface area (Å²) in [5.41, 5.74) is -0.0471. The van der Waals surface area contributed by atoms with Gasteiger partial charge in [0.05, 0.1) is 0 Å². The predicted molar refractivity (Wildman–Crippen MR) is 99.3 cm³/mol. The smallest absolute Gasteiger partial charge is 0.302 e. The second-order valence-corrected chi connectivity index (χ2v) is 9.67. The Morgan fingerprint density at radius 2 is 1.92 bits per heavy atom. The fourth-order valence-corrected chi connectivity index (χ4v) is 7.72. The lowest BCUT2D eigenvalue weighted by atomic mass is 9.48. The maximum Gasteiger partial charge on any atom is 0.302 e. The van der Waals surface area contributed by atoms with Crippen molar-refractivity contribution in [3.8, 4) is 0 Å². The fourth-order valence-electron chi connectivity index (χ4n) is 7.72. The number of hydrogen-bond acceptors (Lipinski definition) is 4. The SMILES string of the molecule is C=CC1CCC2C3CCC4CC(OC(C)=O)CCC4(OO)C3CCC12C. The van der Waals surface area contributed by atoms with Gasteiger partial charge in [0, 0.05) is 6.92 Å². The summed E-state index contributed by atoms with van der Waals surface area (Å²) in [4.78, 5) is 16.7. The first-order valence-electron chi connectivity index (χ1n) is 10.6. The standard InChI is InChI=1S/C22H34O4/c1-4-15-6-8-19-18-7-5-16-13-17(25-14(2)23)9-12-22(16,26-24)20(18)10-11-21(15,19)3/h4,15-20,24H,1,5-13H2,2-3H3. The van der Waals surface area contributed by atoms with Crippen molar-refractivity contribution in [2.75, 3.05) is 0 Å². The molecule has 4 saturated carbocycles. The van der Waals surface area contributed by atoms with Crippen molar-refractivity contribution >= 4 is 5.97 Å². The third-order valence-corrected chi connectivity index (χ3v) is 8.87. The number of carbonyl (C=O) groups excluding carboxylic acids is 1. The predicted octanol–water partition coefficient (Wildman–Crippen LogP) is 4.99. The Kier molecular flexibility index (Phi) is 4.71. The maximum atomic E-state index is 11.4. The molecule has 0 bridgehead atoms. The molecular weight excluding hydrogens is 328 g/mol. The molecule has 0 amide bonds. The van der Waals surface area contributed by atoms with Gasteiger partial charge in [-0.3, -0.25) is 10.1 Å². The highest BCUT2D eigenvalue weighted by Gasteiger charge is 2.62. The lowest BCUT2D eigenvalue weighted by Crippen LogP contribution is -2.60. The van der Waals surface area contributed by atoms with Crippen molar-refractivity contribution < 1.29 is 19.7 Å². The molecular formula is C22H34O4. The van der Waals surface area contributed by atoms with Gasteiger partial charge in [0.1, 0.15) is 11.7 Å². The van der Waals surface area contributed by atoms with Crippen LogP contribution < -0.4 is 0 Å². The van der Waals surface area contributed by atoms with Crippen LogP contribution in [0, 0.1) is 35.0 Å². The molecule has 146 valence electrons. The van der Waals surface area contributed by atoms with E-state index in [-0.39, 0.29) is 12.1 Å². The number of carbonyl (C=O) groups is 1. The van der Waals surface area contributed by atoms with Gasteiger partial charge >= 0.3 is 5.97 Å². The fraction of sp³-hybridized carbons (Fsp3) is 0.864. The zero-order chi connectivity index (χ0) is 18.5. The van der Waals surface area contributed by atoms with Gasteiger partial charge in [-0.25, -0.2) is 4.89 Å². The van der Waals surface area contributed by atoms with E-state index in [1.165, 1.54) is 32.6 Å². The van der Waals surface area contributed by atoms with Crippen LogP contribution in [-0.2, 0) is 14.4 Å². The Labute approximate surface area is 157 Å². The Morgan fingerprint density at radius 3 is 2.62 bits per heavy atom. The van der Waals surface area contributed by atoms with Crippen LogP contribution in [0.2, 0.25) is 0 Å². The summed E-state index contributed by atoms with van der Waals surface area (Å²) < 4.78 is 5.49. The van der Waals surface area contributed by atoms with Gasteiger partial charge in [-0.1, -0.05) is 13.0 Å². The quantitative estimate of drug-likeness (QED) is 0.333. The third kappa shape index (κ3) is 2.59. The minimum atomic E-state index is -0.423. The molecule has 4 fully saturated rings. The van der Waals surface area contributed by atoms with E-state index < -0.39 is 5.60 Å². The molecule has 0 spiro atoms. The van der Waals surface area contributed by atoms with Crippen LogP contribution in [-0.4, -0.2) is 22.9 Å².